The average Bonchev–Trinajstić information content (AvgIpc) is 2.90. The summed E-state index contributed by atoms with van der Waals surface area (Å²) in [6.45, 7) is 8.68. The van der Waals surface area contributed by atoms with Gasteiger partial charge in [0.2, 0.25) is 5.91 Å². The number of fused-ring (bicyclic) bond motifs is 1. The number of hydrogen-bond donors (Lipinski definition) is 2. The van der Waals surface area contributed by atoms with E-state index in [-0.39, 0.29) is 17.0 Å². The van der Waals surface area contributed by atoms with Gasteiger partial charge in [0.05, 0.1) is 11.1 Å². The first-order chi connectivity index (χ1) is 12.4. The van der Waals surface area contributed by atoms with Gasteiger partial charge in [0.25, 0.3) is 0 Å². The molecule has 2 N–H and O–H groups in total. The SMILES string of the molecule is CC(C)(C)N=C1Nc2ccccc2CN[C@]12CCN(C(=O)C1CCC1)C2. The van der Waals surface area contributed by atoms with E-state index in [4.69, 9.17) is 4.99 Å². The number of nitrogens with one attached hydrogen (secondary N) is 2. The van der Waals surface area contributed by atoms with Gasteiger partial charge in [0, 0.05) is 31.2 Å². The molecule has 0 bridgehead atoms. The van der Waals surface area contributed by atoms with Crippen LogP contribution in [0.3, 0.4) is 0 Å². The molecule has 2 aliphatic heterocycles. The second-order valence-corrected chi connectivity index (χ2v) is 8.99. The van der Waals surface area contributed by atoms with Crippen LogP contribution in [-0.2, 0) is 11.3 Å². The molecule has 1 amide bonds. The average molecular weight is 354 g/mol. The lowest BCUT2D eigenvalue weighted by atomic mass is 9.84. The topological polar surface area (TPSA) is 56.7 Å². The van der Waals surface area contributed by atoms with Crippen molar-refractivity contribution in [1.29, 1.82) is 0 Å². The summed E-state index contributed by atoms with van der Waals surface area (Å²) in [5.74, 6) is 1.56. The molecule has 0 aromatic heterocycles. The van der Waals surface area contributed by atoms with Crippen LogP contribution in [0, 0.1) is 5.92 Å². The third kappa shape index (κ3) is 3.25. The fraction of sp³-hybridized carbons (Fsp3) is 0.619. The Balaban J connectivity index is 1.65. The molecule has 5 nitrogen and oxygen atoms in total. The van der Waals surface area contributed by atoms with Crippen LogP contribution in [0.2, 0.25) is 0 Å². The zero-order chi connectivity index (χ0) is 18.4. The standard InChI is InChI=1S/C21H30N4O/c1-20(2,3)24-19-21(22-13-16-7-4-5-10-17(16)23-19)11-12-25(14-21)18(26)15-8-6-9-15/h4-5,7,10,15,22H,6,8-9,11-14H2,1-3H3,(H,23,24)/t21-/m0/s1. The Bertz CT molecular complexity index is 732. The third-order valence-corrected chi connectivity index (χ3v) is 5.82. The number of amides is 1. The Morgan fingerprint density at radius 2 is 2.04 bits per heavy atom. The molecule has 1 spiro atoms. The van der Waals surface area contributed by atoms with Crippen molar-refractivity contribution >= 4 is 17.4 Å². The van der Waals surface area contributed by atoms with Crippen LogP contribution in [0.15, 0.2) is 29.3 Å². The number of anilines is 1. The summed E-state index contributed by atoms with van der Waals surface area (Å²) >= 11 is 0. The molecule has 5 heteroatoms. The van der Waals surface area contributed by atoms with Crippen LogP contribution in [-0.4, -0.2) is 40.8 Å². The predicted molar refractivity (Wildman–Crippen MR) is 105 cm³/mol. The van der Waals surface area contributed by atoms with Crippen LogP contribution in [0.25, 0.3) is 0 Å². The van der Waals surface area contributed by atoms with Crippen molar-refractivity contribution in [2.75, 3.05) is 18.4 Å². The molecule has 3 aliphatic rings. The van der Waals surface area contributed by atoms with Crippen LogP contribution in [0.1, 0.15) is 52.0 Å². The predicted octanol–water partition coefficient (Wildman–Crippen LogP) is 3.17. The zero-order valence-corrected chi connectivity index (χ0v) is 16.1. The summed E-state index contributed by atoms with van der Waals surface area (Å²) < 4.78 is 0. The van der Waals surface area contributed by atoms with Crippen molar-refractivity contribution in [3.05, 3.63) is 29.8 Å². The maximum absolute atomic E-state index is 12.8. The Hall–Kier alpha value is -1.88. The van der Waals surface area contributed by atoms with Crippen molar-refractivity contribution in [3.63, 3.8) is 0 Å². The highest BCUT2D eigenvalue weighted by Crippen LogP contribution is 2.34. The van der Waals surface area contributed by atoms with Gasteiger partial charge < -0.3 is 10.2 Å². The molecule has 26 heavy (non-hydrogen) atoms. The summed E-state index contributed by atoms with van der Waals surface area (Å²) in [4.78, 5) is 19.9. The summed E-state index contributed by atoms with van der Waals surface area (Å²) in [5.41, 5.74) is 1.89. The number of hydrogen-bond acceptors (Lipinski definition) is 3. The molecule has 4 rings (SSSR count). The van der Waals surface area contributed by atoms with E-state index in [1.165, 1.54) is 12.0 Å². The van der Waals surface area contributed by atoms with E-state index in [1.807, 2.05) is 0 Å². The molecule has 2 heterocycles. The highest BCUT2D eigenvalue weighted by Gasteiger charge is 2.47. The van der Waals surface area contributed by atoms with Gasteiger partial charge in [0.1, 0.15) is 5.84 Å². The maximum atomic E-state index is 12.8. The molecule has 1 aromatic carbocycles. The molecular formula is C21H30N4O. The van der Waals surface area contributed by atoms with E-state index in [9.17, 15) is 4.79 Å². The zero-order valence-electron chi connectivity index (χ0n) is 16.1. The van der Waals surface area contributed by atoms with Gasteiger partial charge in [-0.3, -0.25) is 15.1 Å². The lowest BCUT2D eigenvalue weighted by molar-refractivity contribution is -0.137. The van der Waals surface area contributed by atoms with E-state index in [1.54, 1.807) is 0 Å². The molecule has 0 radical (unpaired) electrons. The number of likely N-dealkylation sites (tertiary alicyclic amines) is 1. The van der Waals surface area contributed by atoms with Crippen molar-refractivity contribution < 1.29 is 4.79 Å². The van der Waals surface area contributed by atoms with E-state index < -0.39 is 0 Å². The van der Waals surface area contributed by atoms with Crippen LogP contribution < -0.4 is 10.6 Å². The highest BCUT2D eigenvalue weighted by atomic mass is 16.2. The molecular weight excluding hydrogens is 324 g/mol. The Morgan fingerprint density at radius 1 is 1.27 bits per heavy atom. The van der Waals surface area contributed by atoms with Crippen molar-refractivity contribution in [1.82, 2.24) is 10.2 Å². The number of rotatable bonds is 1. The van der Waals surface area contributed by atoms with Crippen molar-refractivity contribution in [2.24, 2.45) is 10.9 Å². The summed E-state index contributed by atoms with van der Waals surface area (Å²) in [6.07, 6.45) is 4.22. The van der Waals surface area contributed by atoms with Crippen molar-refractivity contribution in [3.8, 4) is 0 Å². The molecule has 0 unspecified atom stereocenters. The monoisotopic (exact) mass is 354 g/mol. The summed E-state index contributed by atoms with van der Waals surface area (Å²) in [6, 6.07) is 8.39. The van der Waals surface area contributed by atoms with Gasteiger partial charge in [-0.05, 0) is 51.7 Å². The molecule has 2 fully saturated rings. The third-order valence-electron chi connectivity index (χ3n) is 5.82. The van der Waals surface area contributed by atoms with Crippen LogP contribution >= 0.6 is 0 Å². The smallest absolute Gasteiger partial charge is 0.225 e. The maximum Gasteiger partial charge on any atom is 0.225 e. The molecule has 140 valence electrons. The minimum atomic E-state index is -0.286. The van der Waals surface area contributed by atoms with Gasteiger partial charge in [-0.25, -0.2) is 0 Å². The van der Waals surface area contributed by atoms with Gasteiger partial charge in [-0.2, -0.15) is 0 Å². The second-order valence-electron chi connectivity index (χ2n) is 8.99. The van der Waals surface area contributed by atoms with E-state index in [0.717, 1.165) is 43.9 Å². The summed E-state index contributed by atoms with van der Waals surface area (Å²) in [7, 11) is 0. The fourth-order valence-electron chi connectivity index (χ4n) is 4.11. The normalized spacial score (nSPS) is 27.8. The number of carbonyl (C=O) groups excluding carboxylic acids is 1. The van der Waals surface area contributed by atoms with Crippen molar-refractivity contribution in [2.45, 2.75) is 64.1 Å². The minimum Gasteiger partial charge on any atom is -0.342 e. The number of benzene rings is 1. The number of para-hydroxylation sites is 1. The van der Waals surface area contributed by atoms with E-state index in [0.29, 0.717) is 12.5 Å². The minimum absolute atomic E-state index is 0.179. The molecule has 1 saturated heterocycles. The number of carbonyl (C=O) groups is 1. The molecule has 1 aliphatic carbocycles. The second kappa shape index (κ2) is 6.38. The van der Waals surface area contributed by atoms with Crippen LogP contribution in [0.4, 0.5) is 5.69 Å². The number of nitrogens with zero attached hydrogens (tertiary/aromatic N) is 2. The number of amidine groups is 1. The van der Waals surface area contributed by atoms with Gasteiger partial charge in [-0.15, -0.1) is 0 Å². The lowest BCUT2D eigenvalue weighted by Crippen LogP contribution is -2.56. The van der Waals surface area contributed by atoms with Gasteiger partial charge in [-0.1, -0.05) is 24.6 Å². The van der Waals surface area contributed by atoms with Gasteiger partial charge >= 0.3 is 0 Å². The van der Waals surface area contributed by atoms with Crippen LogP contribution in [0.5, 0.6) is 0 Å². The van der Waals surface area contributed by atoms with Gasteiger partial charge in [0.15, 0.2) is 0 Å². The first-order valence-electron chi connectivity index (χ1n) is 9.85. The summed E-state index contributed by atoms with van der Waals surface area (Å²) in [5, 5.41) is 7.37. The van der Waals surface area contributed by atoms with E-state index >= 15 is 0 Å². The first-order valence-corrected chi connectivity index (χ1v) is 9.85. The molecule has 1 saturated carbocycles. The Morgan fingerprint density at radius 3 is 2.73 bits per heavy atom. The largest absolute Gasteiger partial charge is 0.342 e. The molecule has 1 atom stereocenters. The molecule has 1 aromatic rings. The quantitative estimate of drug-likeness (QED) is 0.814. The highest BCUT2D eigenvalue weighted by molar-refractivity contribution is 6.04. The Kier molecular flexibility index (Phi) is 4.30. The lowest BCUT2D eigenvalue weighted by Gasteiger charge is -2.34. The first kappa shape index (κ1) is 17.5. The Labute approximate surface area is 156 Å². The number of aliphatic imine (C=N–C) groups is 1. The fourth-order valence-corrected chi connectivity index (χ4v) is 4.11. The van der Waals surface area contributed by atoms with E-state index in [2.05, 4.69) is 60.6 Å².